The molecule has 1 aromatic carbocycles. The minimum absolute atomic E-state index is 0.106. The van der Waals surface area contributed by atoms with Gasteiger partial charge in [0.2, 0.25) is 5.91 Å². The third kappa shape index (κ3) is 2.47. The van der Waals surface area contributed by atoms with Crippen molar-refractivity contribution >= 4 is 17.3 Å². The minimum Gasteiger partial charge on any atom is -0.491 e. The number of anilines is 2. The van der Waals surface area contributed by atoms with Gasteiger partial charge in [0.15, 0.2) is 0 Å². The molecule has 0 radical (unpaired) electrons. The first-order chi connectivity index (χ1) is 11.1. The molecular formula is C18H24N2O3. The zero-order chi connectivity index (χ0) is 16.0. The predicted molar refractivity (Wildman–Crippen MR) is 89.2 cm³/mol. The maximum Gasteiger partial charge on any atom is 0.233 e. The number of carbonyl (C=O) groups is 1. The molecule has 1 atom stereocenters. The summed E-state index contributed by atoms with van der Waals surface area (Å²) in [5, 5.41) is 0. The summed E-state index contributed by atoms with van der Waals surface area (Å²) in [6, 6.07) is 6.21. The lowest BCUT2D eigenvalue weighted by atomic mass is 9.73. The molecule has 3 aliphatic rings. The van der Waals surface area contributed by atoms with E-state index in [1.807, 2.05) is 20.0 Å². The molecule has 124 valence electrons. The maximum atomic E-state index is 12.3. The Morgan fingerprint density at radius 2 is 1.96 bits per heavy atom. The molecule has 5 heteroatoms. The molecule has 3 heterocycles. The fraction of sp³-hybridized carbons (Fsp3) is 0.611. The molecule has 0 saturated carbocycles. The van der Waals surface area contributed by atoms with Crippen LogP contribution in [0.2, 0.25) is 0 Å². The smallest absolute Gasteiger partial charge is 0.233 e. The van der Waals surface area contributed by atoms with E-state index in [0.29, 0.717) is 12.0 Å². The fourth-order valence-electron chi connectivity index (χ4n) is 3.89. The Labute approximate surface area is 137 Å². The van der Waals surface area contributed by atoms with Crippen molar-refractivity contribution in [3.63, 3.8) is 0 Å². The third-order valence-corrected chi connectivity index (χ3v) is 5.52. The summed E-state index contributed by atoms with van der Waals surface area (Å²) in [6.45, 7) is 6.31. The Balaban J connectivity index is 1.55. The first-order valence-electron chi connectivity index (χ1n) is 8.45. The van der Waals surface area contributed by atoms with Gasteiger partial charge in [0.1, 0.15) is 5.75 Å². The van der Waals surface area contributed by atoms with Gasteiger partial charge < -0.3 is 19.3 Å². The lowest BCUT2D eigenvalue weighted by Gasteiger charge is -2.53. The molecule has 1 spiro atoms. The number of carbonyl (C=O) groups excluding carboxylic acids is 1. The highest BCUT2D eigenvalue weighted by molar-refractivity contribution is 5.97. The Morgan fingerprint density at radius 1 is 1.22 bits per heavy atom. The summed E-state index contributed by atoms with van der Waals surface area (Å²) in [5.74, 6) is 0.811. The van der Waals surface area contributed by atoms with Crippen LogP contribution in [0.15, 0.2) is 18.2 Å². The third-order valence-electron chi connectivity index (χ3n) is 5.52. The molecule has 0 aliphatic carbocycles. The number of hydrogen-bond acceptors (Lipinski definition) is 4. The standard InChI is InChI=1S/C18H24N2O3/c1-13-10-23-16-4-3-14(9-15(16)19(2)17(13)21)20-11-18(12-20)5-7-22-8-6-18/h3-4,9,13H,5-8,10-12H2,1-2H3. The van der Waals surface area contributed by atoms with Crippen LogP contribution < -0.4 is 14.5 Å². The molecule has 2 saturated heterocycles. The fourth-order valence-corrected chi connectivity index (χ4v) is 3.89. The molecule has 3 aliphatic heterocycles. The highest BCUT2D eigenvalue weighted by Crippen LogP contribution is 2.44. The molecule has 0 N–H and O–H groups in total. The largest absolute Gasteiger partial charge is 0.491 e. The van der Waals surface area contributed by atoms with E-state index in [2.05, 4.69) is 17.0 Å². The van der Waals surface area contributed by atoms with Crippen LogP contribution in [0.25, 0.3) is 0 Å². The predicted octanol–water partition coefficient (Wildman–Crippen LogP) is 2.29. The van der Waals surface area contributed by atoms with Crippen LogP contribution in [0.5, 0.6) is 5.75 Å². The van der Waals surface area contributed by atoms with Crippen molar-refractivity contribution in [2.45, 2.75) is 19.8 Å². The minimum atomic E-state index is -0.106. The zero-order valence-corrected chi connectivity index (χ0v) is 13.9. The number of fused-ring (bicyclic) bond motifs is 1. The maximum absolute atomic E-state index is 12.3. The van der Waals surface area contributed by atoms with Crippen LogP contribution in [0.4, 0.5) is 11.4 Å². The van der Waals surface area contributed by atoms with Crippen molar-refractivity contribution in [1.29, 1.82) is 0 Å². The molecule has 4 rings (SSSR count). The monoisotopic (exact) mass is 316 g/mol. The van der Waals surface area contributed by atoms with Crippen LogP contribution in [0, 0.1) is 11.3 Å². The number of nitrogens with zero attached hydrogens (tertiary/aromatic N) is 2. The lowest BCUT2D eigenvalue weighted by Crippen LogP contribution is -2.58. The summed E-state index contributed by atoms with van der Waals surface area (Å²) in [4.78, 5) is 16.5. The zero-order valence-electron chi connectivity index (χ0n) is 13.9. The Hall–Kier alpha value is -1.75. The molecule has 0 bridgehead atoms. The molecule has 1 unspecified atom stereocenters. The van der Waals surface area contributed by atoms with E-state index < -0.39 is 0 Å². The topological polar surface area (TPSA) is 42.0 Å². The van der Waals surface area contributed by atoms with Crippen LogP contribution in [0.1, 0.15) is 19.8 Å². The van der Waals surface area contributed by atoms with Gasteiger partial charge in [-0.2, -0.15) is 0 Å². The van der Waals surface area contributed by atoms with Crippen molar-refractivity contribution in [2.24, 2.45) is 11.3 Å². The van der Waals surface area contributed by atoms with Crippen molar-refractivity contribution < 1.29 is 14.3 Å². The first kappa shape index (κ1) is 14.8. The molecule has 1 aromatic rings. The average Bonchev–Trinajstić information content (AvgIpc) is 2.66. The molecule has 23 heavy (non-hydrogen) atoms. The van der Waals surface area contributed by atoms with Crippen molar-refractivity contribution in [3.8, 4) is 5.75 Å². The SMILES string of the molecule is CC1COc2ccc(N3CC4(CCOCC4)C3)cc2N(C)C1=O. The van der Waals surface area contributed by atoms with Gasteiger partial charge in [-0.1, -0.05) is 6.92 Å². The van der Waals surface area contributed by atoms with Gasteiger partial charge in [0.05, 0.1) is 18.2 Å². The normalized spacial score (nSPS) is 26.3. The van der Waals surface area contributed by atoms with E-state index in [0.717, 1.165) is 50.6 Å². The Morgan fingerprint density at radius 3 is 2.70 bits per heavy atom. The second-order valence-electron chi connectivity index (χ2n) is 7.23. The molecule has 0 aromatic heterocycles. The average molecular weight is 316 g/mol. The number of rotatable bonds is 1. The van der Waals surface area contributed by atoms with Gasteiger partial charge in [-0.3, -0.25) is 4.79 Å². The van der Waals surface area contributed by atoms with Gasteiger partial charge in [-0.15, -0.1) is 0 Å². The van der Waals surface area contributed by atoms with E-state index in [1.54, 1.807) is 4.90 Å². The van der Waals surface area contributed by atoms with Crippen LogP contribution >= 0.6 is 0 Å². The summed E-state index contributed by atoms with van der Waals surface area (Å²) >= 11 is 0. The quantitative estimate of drug-likeness (QED) is 0.797. The number of ether oxygens (including phenoxy) is 2. The number of benzene rings is 1. The summed E-state index contributed by atoms with van der Waals surface area (Å²) in [7, 11) is 1.84. The molecule has 1 amide bonds. The second-order valence-corrected chi connectivity index (χ2v) is 7.23. The molecule has 2 fully saturated rings. The van der Waals surface area contributed by atoms with Crippen LogP contribution in [-0.2, 0) is 9.53 Å². The Bertz CT molecular complexity index is 617. The van der Waals surface area contributed by atoms with E-state index in [-0.39, 0.29) is 11.8 Å². The van der Waals surface area contributed by atoms with Gasteiger partial charge in [-0.05, 0) is 31.0 Å². The lowest BCUT2D eigenvalue weighted by molar-refractivity contribution is -0.122. The van der Waals surface area contributed by atoms with Gasteiger partial charge in [-0.25, -0.2) is 0 Å². The van der Waals surface area contributed by atoms with E-state index in [9.17, 15) is 4.79 Å². The van der Waals surface area contributed by atoms with E-state index in [4.69, 9.17) is 9.47 Å². The highest BCUT2D eigenvalue weighted by atomic mass is 16.5. The molecular weight excluding hydrogens is 292 g/mol. The van der Waals surface area contributed by atoms with Crippen LogP contribution in [0.3, 0.4) is 0 Å². The van der Waals surface area contributed by atoms with Gasteiger partial charge in [0, 0.05) is 44.5 Å². The Kier molecular flexibility index (Phi) is 3.48. The van der Waals surface area contributed by atoms with E-state index >= 15 is 0 Å². The number of hydrogen-bond donors (Lipinski definition) is 0. The summed E-state index contributed by atoms with van der Waals surface area (Å²) < 4.78 is 11.3. The second kappa shape index (κ2) is 5.41. The van der Waals surface area contributed by atoms with Crippen molar-refractivity contribution in [2.75, 3.05) is 49.8 Å². The van der Waals surface area contributed by atoms with Gasteiger partial charge in [0.25, 0.3) is 0 Å². The van der Waals surface area contributed by atoms with Gasteiger partial charge >= 0.3 is 0 Å². The van der Waals surface area contributed by atoms with Crippen molar-refractivity contribution in [1.82, 2.24) is 0 Å². The van der Waals surface area contributed by atoms with Crippen molar-refractivity contribution in [3.05, 3.63) is 18.2 Å². The first-order valence-corrected chi connectivity index (χ1v) is 8.45. The highest BCUT2D eigenvalue weighted by Gasteiger charge is 2.44. The van der Waals surface area contributed by atoms with Crippen LogP contribution in [-0.4, -0.2) is 45.9 Å². The van der Waals surface area contributed by atoms with E-state index in [1.165, 1.54) is 5.69 Å². The summed E-state index contributed by atoms with van der Waals surface area (Å²) in [6.07, 6.45) is 2.32. The molecule has 5 nitrogen and oxygen atoms in total. The number of amides is 1. The summed E-state index contributed by atoms with van der Waals surface area (Å²) in [5.41, 5.74) is 2.50.